The molecule has 112 valence electrons. The quantitative estimate of drug-likeness (QED) is 0.870. The second-order valence-corrected chi connectivity index (χ2v) is 7.29. The molecule has 2 aromatic rings. The van der Waals surface area contributed by atoms with Gasteiger partial charge in [0.1, 0.15) is 11.8 Å². The van der Waals surface area contributed by atoms with Crippen LogP contribution in [0, 0.1) is 0 Å². The van der Waals surface area contributed by atoms with E-state index in [0.29, 0.717) is 18.9 Å². The molecule has 0 N–H and O–H groups in total. The van der Waals surface area contributed by atoms with Crippen molar-refractivity contribution in [2.24, 2.45) is 0 Å². The molecular formula is C15H18N2O3S. The summed E-state index contributed by atoms with van der Waals surface area (Å²) in [4.78, 5) is 4.29. The third-order valence-electron chi connectivity index (χ3n) is 3.71. The summed E-state index contributed by atoms with van der Waals surface area (Å²) in [5, 5.41) is 0. The minimum Gasteiger partial charge on any atom is -0.444 e. The van der Waals surface area contributed by atoms with Crippen molar-refractivity contribution in [1.82, 2.24) is 9.29 Å². The topological polar surface area (TPSA) is 63.4 Å². The van der Waals surface area contributed by atoms with E-state index in [1.165, 1.54) is 10.6 Å². The van der Waals surface area contributed by atoms with Crippen LogP contribution in [0.4, 0.5) is 0 Å². The van der Waals surface area contributed by atoms with Gasteiger partial charge in [0.05, 0.1) is 12.5 Å². The molecule has 1 aliphatic heterocycles. The van der Waals surface area contributed by atoms with E-state index in [4.69, 9.17) is 4.42 Å². The van der Waals surface area contributed by atoms with Gasteiger partial charge in [-0.1, -0.05) is 30.3 Å². The number of rotatable bonds is 4. The van der Waals surface area contributed by atoms with Crippen molar-refractivity contribution in [1.29, 1.82) is 0 Å². The van der Waals surface area contributed by atoms with Crippen molar-refractivity contribution in [3.8, 4) is 0 Å². The van der Waals surface area contributed by atoms with Gasteiger partial charge in [-0.05, 0) is 18.4 Å². The zero-order valence-corrected chi connectivity index (χ0v) is 12.7. The molecule has 1 unspecified atom stereocenters. The molecule has 0 spiro atoms. The lowest BCUT2D eigenvalue weighted by Crippen LogP contribution is -2.29. The predicted octanol–water partition coefficient (Wildman–Crippen LogP) is 2.36. The lowest BCUT2D eigenvalue weighted by Gasteiger charge is -2.19. The lowest BCUT2D eigenvalue weighted by atomic mass is 10.1. The molecule has 0 amide bonds. The van der Waals surface area contributed by atoms with Gasteiger partial charge in [0.15, 0.2) is 0 Å². The molecule has 21 heavy (non-hydrogen) atoms. The van der Waals surface area contributed by atoms with Crippen LogP contribution in [0.1, 0.15) is 36.1 Å². The number of aromatic nitrogens is 1. The maximum atomic E-state index is 11.8. The Balaban J connectivity index is 1.79. The zero-order chi connectivity index (χ0) is 14.9. The largest absolute Gasteiger partial charge is 0.444 e. The molecule has 6 heteroatoms. The minimum absolute atomic E-state index is 0.260. The summed E-state index contributed by atoms with van der Waals surface area (Å²) in [6, 6.07) is 9.73. The number of nitrogens with zero attached hydrogens (tertiary/aromatic N) is 2. The third-order valence-corrected chi connectivity index (χ3v) is 5.00. The molecule has 3 rings (SSSR count). The number of hydrogen-bond acceptors (Lipinski definition) is 4. The van der Waals surface area contributed by atoms with E-state index in [-0.39, 0.29) is 6.04 Å². The maximum absolute atomic E-state index is 11.8. The van der Waals surface area contributed by atoms with Crippen molar-refractivity contribution < 1.29 is 12.8 Å². The Labute approximate surface area is 124 Å². The van der Waals surface area contributed by atoms with Crippen LogP contribution >= 0.6 is 0 Å². The minimum atomic E-state index is -3.22. The fourth-order valence-corrected chi connectivity index (χ4v) is 3.86. The fraction of sp³-hybridized carbons (Fsp3) is 0.400. The SMILES string of the molecule is CS(=O)(=O)N1CCCC1c1ncc(Cc2ccccc2)o1. The number of hydrogen-bond donors (Lipinski definition) is 0. The molecule has 1 aliphatic rings. The van der Waals surface area contributed by atoms with Crippen molar-refractivity contribution in [2.75, 3.05) is 12.8 Å². The number of sulfonamides is 1. The van der Waals surface area contributed by atoms with Crippen molar-refractivity contribution >= 4 is 10.0 Å². The first-order valence-corrected chi connectivity index (χ1v) is 8.84. The van der Waals surface area contributed by atoms with Gasteiger partial charge in [-0.15, -0.1) is 0 Å². The summed E-state index contributed by atoms with van der Waals surface area (Å²) >= 11 is 0. The Hall–Kier alpha value is -1.66. The fourth-order valence-electron chi connectivity index (χ4n) is 2.74. The van der Waals surface area contributed by atoms with Crippen LogP contribution in [0.15, 0.2) is 40.9 Å². The summed E-state index contributed by atoms with van der Waals surface area (Å²) in [6.07, 6.45) is 5.20. The van der Waals surface area contributed by atoms with Crippen LogP contribution < -0.4 is 0 Å². The Morgan fingerprint density at radius 3 is 2.81 bits per heavy atom. The van der Waals surface area contributed by atoms with E-state index < -0.39 is 10.0 Å². The van der Waals surface area contributed by atoms with Gasteiger partial charge < -0.3 is 4.42 Å². The highest BCUT2D eigenvalue weighted by Crippen LogP contribution is 2.33. The van der Waals surface area contributed by atoms with Crippen LogP contribution in [-0.4, -0.2) is 30.5 Å². The molecule has 5 nitrogen and oxygen atoms in total. The van der Waals surface area contributed by atoms with Gasteiger partial charge in [-0.2, -0.15) is 4.31 Å². The van der Waals surface area contributed by atoms with Crippen molar-refractivity contribution in [2.45, 2.75) is 25.3 Å². The van der Waals surface area contributed by atoms with E-state index in [2.05, 4.69) is 4.98 Å². The molecular weight excluding hydrogens is 288 g/mol. The first-order chi connectivity index (χ1) is 10.0. The Bertz CT molecular complexity index is 710. The molecule has 0 bridgehead atoms. The Kier molecular flexibility index (Phi) is 3.82. The molecule has 1 aromatic carbocycles. The maximum Gasteiger partial charge on any atom is 0.212 e. The van der Waals surface area contributed by atoms with Crippen LogP contribution in [0.2, 0.25) is 0 Å². The summed E-state index contributed by atoms with van der Waals surface area (Å²) in [7, 11) is -3.22. The van der Waals surface area contributed by atoms with Gasteiger partial charge in [0.2, 0.25) is 15.9 Å². The highest BCUT2D eigenvalue weighted by atomic mass is 32.2. The molecule has 0 aliphatic carbocycles. The van der Waals surface area contributed by atoms with Gasteiger partial charge in [0.25, 0.3) is 0 Å². The van der Waals surface area contributed by atoms with Gasteiger partial charge >= 0.3 is 0 Å². The van der Waals surface area contributed by atoms with E-state index in [0.717, 1.165) is 24.2 Å². The highest BCUT2D eigenvalue weighted by Gasteiger charge is 2.35. The Morgan fingerprint density at radius 2 is 2.10 bits per heavy atom. The number of benzene rings is 1. The highest BCUT2D eigenvalue weighted by molar-refractivity contribution is 7.88. The monoisotopic (exact) mass is 306 g/mol. The average molecular weight is 306 g/mol. The van der Waals surface area contributed by atoms with Gasteiger partial charge in [0, 0.05) is 13.0 Å². The zero-order valence-electron chi connectivity index (χ0n) is 11.9. The molecule has 0 radical (unpaired) electrons. The summed E-state index contributed by atoms with van der Waals surface area (Å²) in [6.45, 7) is 0.542. The summed E-state index contributed by atoms with van der Waals surface area (Å²) in [5.41, 5.74) is 1.14. The first-order valence-electron chi connectivity index (χ1n) is 6.99. The Morgan fingerprint density at radius 1 is 1.33 bits per heavy atom. The van der Waals surface area contributed by atoms with E-state index in [1.807, 2.05) is 30.3 Å². The van der Waals surface area contributed by atoms with Gasteiger partial charge in [-0.25, -0.2) is 13.4 Å². The number of oxazole rings is 1. The van der Waals surface area contributed by atoms with E-state index >= 15 is 0 Å². The second-order valence-electron chi connectivity index (χ2n) is 5.36. The summed E-state index contributed by atoms with van der Waals surface area (Å²) in [5.74, 6) is 1.26. The molecule has 0 saturated carbocycles. The predicted molar refractivity (Wildman–Crippen MR) is 79.3 cm³/mol. The second kappa shape index (κ2) is 5.61. The smallest absolute Gasteiger partial charge is 0.212 e. The normalized spacial score (nSPS) is 20.0. The average Bonchev–Trinajstić information content (AvgIpc) is 3.07. The van der Waals surface area contributed by atoms with Crippen molar-refractivity contribution in [3.63, 3.8) is 0 Å². The van der Waals surface area contributed by atoms with Crippen LogP contribution in [0.3, 0.4) is 0 Å². The third kappa shape index (κ3) is 3.16. The van der Waals surface area contributed by atoms with Crippen LogP contribution in [-0.2, 0) is 16.4 Å². The molecule has 1 aromatic heterocycles. The van der Waals surface area contributed by atoms with Crippen LogP contribution in [0.5, 0.6) is 0 Å². The molecule has 1 atom stereocenters. The molecule has 1 fully saturated rings. The molecule has 2 heterocycles. The standard InChI is InChI=1S/C15H18N2O3S/c1-21(18,19)17-9-5-8-14(17)15-16-11-13(20-15)10-12-6-3-2-4-7-12/h2-4,6-7,11,14H,5,8-10H2,1H3. The molecule has 1 saturated heterocycles. The van der Waals surface area contributed by atoms with Crippen molar-refractivity contribution in [3.05, 3.63) is 53.7 Å². The van der Waals surface area contributed by atoms with E-state index in [1.54, 1.807) is 6.20 Å². The van der Waals surface area contributed by atoms with E-state index in [9.17, 15) is 8.42 Å². The van der Waals surface area contributed by atoms with Gasteiger partial charge in [-0.3, -0.25) is 0 Å². The first kappa shape index (κ1) is 14.3. The lowest BCUT2D eigenvalue weighted by molar-refractivity contribution is 0.323. The van der Waals surface area contributed by atoms with Crippen LogP contribution in [0.25, 0.3) is 0 Å². The summed E-state index contributed by atoms with van der Waals surface area (Å²) < 4.78 is 30.8.